The number of carbonyl (C=O) groups excluding carboxylic acids is 1. The molecule has 3 rings (SSSR count). The maximum Gasteiger partial charge on any atom is 0.414 e. The molecule has 2 aromatic rings. The van der Waals surface area contributed by atoms with Crippen LogP contribution in [0.4, 0.5) is 14.9 Å². The Morgan fingerprint density at radius 2 is 2.00 bits per heavy atom. The van der Waals surface area contributed by atoms with Crippen molar-refractivity contribution in [3.63, 3.8) is 0 Å². The fourth-order valence-electron chi connectivity index (χ4n) is 3.02. The Morgan fingerprint density at radius 1 is 1.28 bits per heavy atom. The molecule has 0 aliphatic carbocycles. The molecule has 0 aromatic heterocycles. The number of para-hydroxylation sites is 1. The van der Waals surface area contributed by atoms with E-state index in [-0.39, 0.29) is 11.9 Å². The number of hydrogen-bond acceptors (Lipinski definition) is 3. The van der Waals surface area contributed by atoms with Gasteiger partial charge in [-0.25, -0.2) is 9.18 Å². The van der Waals surface area contributed by atoms with E-state index >= 15 is 0 Å². The Kier molecular flexibility index (Phi) is 5.25. The van der Waals surface area contributed by atoms with Crippen molar-refractivity contribution in [2.75, 3.05) is 32.1 Å². The number of benzene rings is 2. The van der Waals surface area contributed by atoms with Crippen LogP contribution in [0, 0.1) is 5.82 Å². The summed E-state index contributed by atoms with van der Waals surface area (Å²) in [6.07, 6.45) is 0.261. The minimum Gasteiger partial charge on any atom is -0.444 e. The molecule has 25 heavy (non-hydrogen) atoms. The van der Waals surface area contributed by atoms with Crippen LogP contribution in [0.3, 0.4) is 0 Å². The predicted molar refractivity (Wildman–Crippen MR) is 97.6 cm³/mol. The zero-order valence-electron chi connectivity index (χ0n) is 14.2. The molecule has 1 aliphatic heterocycles. The zero-order valence-corrected chi connectivity index (χ0v) is 15.0. The molecule has 0 unspecified atom stereocenters. The van der Waals surface area contributed by atoms with Gasteiger partial charge >= 0.3 is 6.09 Å². The number of halogens is 2. The first kappa shape index (κ1) is 17.7. The van der Waals surface area contributed by atoms with Crippen LogP contribution in [-0.2, 0) is 4.74 Å². The Labute approximate surface area is 151 Å². The van der Waals surface area contributed by atoms with E-state index in [1.807, 2.05) is 13.1 Å². The largest absolute Gasteiger partial charge is 0.444 e. The zero-order chi connectivity index (χ0) is 18.0. The van der Waals surface area contributed by atoms with Crippen LogP contribution in [0.2, 0.25) is 5.02 Å². The SMILES string of the molecule is CN1CC[C@@H](OC(=O)N(C)c2c(Cl)cccc2-c2ccc(F)cc2)C1. The van der Waals surface area contributed by atoms with Crippen molar-refractivity contribution in [1.82, 2.24) is 4.90 Å². The molecular weight excluding hydrogens is 343 g/mol. The van der Waals surface area contributed by atoms with Crippen molar-refractivity contribution in [3.8, 4) is 11.1 Å². The molecule has 2 aromatic carbocycles. The Hall–Kier alpha value is -2.11. The lowest BCUT2D eigenvalue weighted by molar-refractivity contribution is 0.110. The number of hydrogen-bond donors (Lipinski definition) is 0. The van der Waals surface area contributed by atoms with Gasteiger partial charge in [-0.05, 0) is 37.2 Å². The van der Waals surface area contributed by atoms with Crippen LogP contribution < -0.4 is 4.90 Å². The average molecular weight is 363 g/mol. The molecule has 1 saturated heterocycles. The maximum absolute atomic E-state index is 13.2. The fraction of sp³-hybridized carbons (Fsp3) is 0.316. The standard InChI is InChI=1S/C19H20ClFN2O2/c1-22-11-10-15(12-22)25-19(24)23(2)18-16(4-3-5-17(18)20)13-6-8-14(21)9-7-13/h3-9,15H,10-12H2,1-2H3/t15-/m1/s1. The van der Waals surface area contributed by atoms with Crippen LogP contribution in [0.5, 0.6) is 0 Å². The van der Waals surface area contributed by atoms with Crippen LogP contribution in [-0.4, -0.2) is 44.3 Å². The number of carbonyl (C=O) groups is 1. The van der Waals surface area contributed by atoms with E-state index in [0.717, 1.165) is 30.6 Å². The summed E-state index contributed by atoms with van der Waals surface area (Å²) in [4.78, 5) is 16.1. The number of likely N-dealkylation sites (tertiary alicyclic amines) is 1. The van der Waals surface area contributed by atoms with Crippen LogP contribution >= 0.6 is 11.6 Å². The van der Waals surface area contributed by atoms with Crippen molar-refractivity contribution in [3.05, 3.63) is 53.3 Å². The highest BCUT2D eigenvalue weighted by Gasteiger charge is 2.26. The summed E-state index contributed by atoms with van der Waals surface area (Å²) in [6, 6.07) is 11.5. The lowest BCUT2D eigenvalue weighted by Crippen LogP contribution is -2.32. The molecule has 1 amide bonds. The van der Waals surface area contributed by atoms with Gasteiger partial charge in [-0.1, -0.05) is 35.9 Å². The summed E-state index contributed by atoms with van der Waals surface area (Å²) in [6.45, 7) is 1.64. The van der Waals surface area contributed by atoms with E-state index in [1.165, 1.54) is 17.0 Å². The second-order valence-corrected chi connectivity index (χ2v) is 6.67. The first-order valence-corrected chi connectivity index (χ1v) is 8.51. The van der Waals surface area contributed by atoms with Gasteiger partial charge in [0, 0.05) is 25.7 Å². The van der Waals surface area contributed by atoms with E-state index in [1.54, 1.807) is 31.3 Å². The number of rotatable bonds is 3. The number of likely N-dealkylation sites (N-methyl/N-ethyl adjacent to an activating group) is 1. The summed E-state index contributed by atoms with van der Waals surface area (Å²) in [5.41, 5.74) is 2.07. The van der Waals surface area contributed by atoms with Crippen molar-refractivity contribution in [2.24, 2.45) is 0 Å². The van der Waals surface area contributed by atoms with E-state index in [4.69, 9.17) is 16.3 Å². The third-order valence-corrected chi connectivity index (χ3v) is 4.67. The minimum atomic E-state index is -0.447. The topological polar surface area (TPSA) is 32.8 Å². The second-order valence-electron chi connectivity index (χ2n) is 6.26. The van der Waals surface area contributed by atoms with Crippen molar-refractivity contribution < 1.29 is 13.9 Å². The summed E-state index contributed by atoms with van der Waals surface area (Å²) in [5, 5.41) is 0.435. The number of amides is 1. The lowest BCUT2D eigenvalue weighted by atomic mass is 10.0. The van der Waals surface area contributed by atoms with Gasteiger partial charge < -0.3 is 9.64 Å². The van der Waals surface area contributed by atoms with E-state index in [0.29, 0.717) is 10.7 Å². The van der Waals surface area contributed by atoms with Crippen LogP contribution in [0.1, 0.15) is 6.42 Å². The van der Waals surface area contributed by atoms with Crippen molar-refractivity contribution >= 4 is 23.4 Å². The molecular formula is C19H20ClFN2O2. The molecule has 0 bridgehead atoms. The molecule has 0 spiro atoms. The normalized spacial score (nSPS) is 17.5. The van der Waals surface area contributed by atoms with Gasteiger partial charge in [-0.3, -0.25) is 4.90 Å². The molecule has 6 heteroatoms. The van der Waals surface area contributed by atoms with E-state index in [9.17, 15) is 9.18 Å². The highest BCUT2D eigenvalue weighted by atomic mass is 35.5. The lowest BCUT2D eigenvalue weighted by Gasteiger charge is -2.23. The quantitative estimate of drug-likeness (QED) is 0.810. The average Bonchev–Trinajstić information content (AvgIpc) is 2.99. The highest BCUT2D eigenvalue weighted by molar-refractivity contribution is 6.34. The Bertz CT molecular complexity index is 767. The molecule has 0 saturated carbocycles. The van der Waals surface area contributed by atoms with Gasteiger partial charge in [0.2, 0.25) is 0 Å². The maximum atomic E-state index is 13.2. The summed E-state index contributed by atoms with van der Waals surface area (Å²) < 4.78 is 18.8. The predicted octanol–water partition coefficient (Wildman–Crippen LogP) is 4.42. The summed E-state index contributed by atoms with van der Waals surface area (Å²) in [7, 11) is 3.63. The first-order chi connectivity index (χ1) is 12.0. The number of ether oxygens (including phenoxy) is 1. The first-order valence-electron chi connectivity index (χ1n) is 8.13. The molecule has 1 atom stereocenters. The highest BCUT2D eigenvalue weighted by Crippen LogP contribution is 2.37. The third kappa shape index (κ3) is 3.94. The molecule has 132 valence electrons. The van der Waals surface area contributed by atoms with Gasteiger partial charge in [0.15, 0.2) is 0 Å². The van der Waals surface area contributed by atoms with Gasteiger partial charge in [0.05, 0.1) is 10.7 Å². The summed E-state index contributed by atoms with van der Waals surface area (Å²) >= 11 is 6.36. The number of nitrogens with zero attached hydrogens (tertiary/aromatic N) is 2. The van der Waals surface area contributed by atoms with Crippen molar-refractivity contribution in [2.45, 2.75) is 12.5 Å². The van der Waals surface area contributed by atoms with Gasteiger partial charge in [0.1, 0.15) is 11.9 Å². The van der Waals surface area contributed by atoms with E-state index in [2.05, 4.69) is 4.90 Å². The minimum absolute atomic E-state index is 0.114. The monoisotopic (exact) mass is 362 g/mol. The second kappa shape index (κ2) is 7.42. The third-order valence-electron chi connectivity index (χ3n) is 4.37. The van der Waals surface area contributed by atoms with Crippen LogP contribution in [0.15, 0.2) is 42.5 Å². The Morgan fingerprint density at radius 3 is 2.64 bits per heavy atom. The molecule has 0 N–H and O–H groups in total. The smallest absolute Gasteiger partial charge is 0.414 e. The molecule has 1 heterocycles. The van der Waals surface area contributed by atoms with Gasteiger partial charge in [-0.2, -0.15) is 0 Å². The molecule has 1 fully saturated rings. The van der Waals surface area contributed by atoms with Gasteiger partial charge in [0.25, 0.3) is 0 Å². The van der Waals surface area contributed by atoms with Gasteiger partial charge in [-0.15, -0.1) is 0 Å². The molecule has 0 radical (unpaired) electrons. The Balaban J connectivity index is 1.87. The van der Waals surface area contributed by atoms with Crippen LogP contribution in [0.25, 0.3) is 11.1 Å². The number of anilines is 1. The molecule has 1 aliphatic rings. The van der Waals surface area contributed by atoms with E-state index < -0.39 is 6.09 Å². The van der Waals surface area contributed by atoms with Crippen molar-refractivity contribution in [1.29, 1.82) is 0 Å². The summed E-state index contributed by atoms with van der Waals surface area (Å²) in [5.74, 6) is -0.314. The molecule has 4 nitrogen and oxygen atoms in total. The fourth-order valence-corrected chi connectivity index (χ4v) is 3.32.